The lowest BCUT2D eigenvalue weighted by Gasteiger charge is -2.41. The second-order valence-corrected chi connectivity index (χ2v) is 12.5. The largest absolute Gasteiger partial charge is 0.497 e. The van der Waals surface area contributed by atoms with Gasteiger partial charge in [-0.05, 0) is 79.1 Å². The molecule has 1 heterocycles. The number of methoxy groups -OCH3 is 2. The fraction of sp³-hybridized carbons (Fsp3) is 0.297. The molecule has 0 bridgehead atoms. The van der Waals surface area contributed by atoms with Gasteiger partial charge in [-0.15, -0.1) is 12.4 Å². The lowest BCUT2D eigenvalue weighted by molar-refractivity contribution is -0.156. The van der Waals surface area contributed by atoms with Crippen LogP contribution in [0.5, 0.6) is 5.75 Å². The van der Waals surface area contributed by atoms with Gasteiger partial charge in [0.15, 0.2) is 5.96 Å². The van der Waals surface area contributed by atoms with Crippen molar-refractivity contribution in [3.8, 4) is 5.75 Å². The Morgan fingerprint density at radius 2 is 1.47 bits per heavy atom. The molecule has 57 heavy (non-hydrogen) atoms. The molecule has 1 saturated heterocycles. The van der Waals surface area contributed by atoms with Gasteiger partial charge in [-0.2, -0.15) is 0 Å². The lowest BCUT2D eigenvalue weighted by Crippen LogP contribution is -2.63. The molecule has 0 aromatic heterocycles. The van der Waals surface area contributed by atoms with Gasteiger partial charge in [0.05, 0.1) is 14.2 Å². The van der Waals surface area contributed by atoms with Crippen LogP contribution in [0.15, 0.2) is 72.8 Å². The first-order valence-corrected chi connectivity index (χ1v) is 17.3. The molecule has 0 saturated carbocycles. The van der Waals surface area contributed by atoms with Crippen LogP contribution in [0.2, 0.25) is 0 Å². The van der Waals surface area contributed by atoms with E-state index in [1.54, 1.807) is 48.5 Å². The molecule has 19 nitrogen and oxygen atoms in total. The molecule has 4 rings (SSSR count). The second-order valence-electron chi connectivity index (χ2n) is 12.5. The third kappa shape index (κ3) is 13.1. The molecule has 5 amide bonds. The highest BCUT2D eigenvalue weighted by Gasteiger charge is 2.40. The Hall–Kier alpha value is -6.89. The van der Waals surface area contributed by atoms with Gasteiger partial charge >= 0.3 is 12.1 Å². The van der Waals surface area contributed by atoms with Crippen molar-refractivity contribution < 1.29 is 43.3 Å². The van der Waals surface area contributed by atoms with Crippen LogP contribution in [-0.4, -0.2) is 115 Å². The van der Waals surface area contributed by atoms with Crippen molar-refractivity contribution in [1.29, 1.82) is 10.8 Å². The summed E-state index contributed by atoms with van der Waals surface area (Å²) in [4.78, 5) is 80.0. The Bertz CT molecular complexity index is 1930. The highest BCUT2D eigenvalue weighted by molar-refractivity contribution is 6.02. The number of carboxylic acids is 1. The highest BCUT2D eigenvalue weighted by atomic mass is 35.5. The van der Waals surface area contributed by atoms with E-state index in [0.717, 1.165) is 7.11 Å². The van der Waals surface area contributed by atoms with Gasteiger partial charge in [-0.1, -0.05) is 12.1 Å². The second kappa shape index (κ2) is 21.3. The first-order chi connectivity index (χ1) is 26.8. The summed E-state index contributed by atoms with van der Waals surface area (Å²) in [6.07, 6.45) is -0.468. The van der Waals surface area contributed by atoms with Gasteiger partial charge in [0.25, 0.3) is 11.8 Å². The Balaban J connectivity index is 0.00000870. The van der Waals surface area contributed by atoms with E-state index in [4.69, 9.17) is 21.3 Å². The number of aliphatic carboxylic acids is 1. The molecule has 3 aromatic rings. The summed E-state index contributed by atoms with van der Waals surface area (Å²) in [6.45, 7) is -0.476. The summed E-state index contributed by atoms with van der Waals surface area (Å²) >= 11 is 0. The molecule has 0 aliphatic carbocycles. The van der Waals surface area contributed by atoms with E-state index in [0.29, 0.717) is 28.3 Å². The number of nitrogens with zero attached hydrogens (tertiary/aromatic N) is 2. The molecule has 20 heteroatoms. The Labute approximate surface area is 334 Å². The maximum atomic E-state index is 14.4. The molecule has 0 spiro atoms. The molecule has 1 aliphatic rings. The molecule has 0 radical (unpaired) electrons. The predicted molar refractivity (Wildman–Crippen MR) is 212 cm³/mol. The fourth-order valence-electron chi connectivity index (χ4n) is 5.83. The van der Waals surface area contributed by atoms with Crippen molar-refractivity contribution in [2.24, 2.45) is 5.73 Å². The lowest BCUT2D eigenvalue weighted by atomic mass is 9.99. The number of halogens is 1. The standard InChI is InChI=1S/C37H44N10O9.ClH/c1-55-27-15-5-22(6-16-27)20-28(44-32(51)24-9-13-26(14-10-24)43-36(40)45-37(54)56-2)33(52)47-19-18-46(21-30(48)49)34(53)29(47)4-3-17-41-31(50)23-7-11-25(12-8-23)42-35(38)39;/h5-16,28-29H,3-4,17-21H2,1-2H3,(H,41,50)(H,44,51)(H,48,49)(H4,38,39,42)(H3,40,43,45,54);1H/t28-,29-;/m0./s1. The molecule has 1 fully saturated rings. The zero-order valence-corrected chi connectivity index (χ0v) is 31.9. The Morgan fingerprint density at radius 1 is 0.877 bits per heavy atom. The zero-order chi connectivity index (χ0) is 40.8. The third-order valence-electron chi connectivity index (χ3n) is 8.59. The minimum absolute atomic E-state index is 0. The van der Waals surface area contributed by atoms with Crippen LogP contribution in [0.3, 0.4) is 0 Å². The minimum atomic E-state index is -1.21. The maximum Gasteiger partial charge on any atom is 0.413 e. The number of guanidine groups is 2. The summed E-state index contributed by atoms with van der Waals surface area (Å²) in [5.74, 6) is -3.37. The Kier molecular flexibility index (Phi) is 16.6. The molecule has 3 aromatic carbocycles. The zero-order valence-electron chi connectivity index (χ0n) is 31.1. The number of nitrogens with two attached hydrogens (primary N) is 1. The molecule has 2 atom stereocenters. The Morgan fingerprint density at radius 3 is 2.04 bits per heavy atom. The molecular formula is C37H45ClN10O9. The molecule has 1 aliphatic heterocycles. The summed E-state index contributed by atoms with van der Waals surface area (Å²) in [5, 5.41) is 37.6. The number of carbonyl (C=O) groups is 6. The SMILES string of the molecule is COC(=O)NC(=N)Nc1ccc(C(=O)N[C@@H](Cc2ccc(OC)cc2)C(=O)N2CCN(CC(=O)O)C(=O)[C@@H]2CCCNC(=O)c2ccc(NC(=N)N)cc2)cc1.Cl. The maximum absolute atomic E-state index is 14.4. The predicted octanol–water partition coefficient (Wildman–Crippen LogP) is 1.80. The monoisotopic (exact) mass is 808 g/mol. The molecule has 10 N–H and O–H groups in total. The fourth-order valence-corrected chi connectivity index (χ4v) is 5.83. The number of hydrogen-bond acceptors (Lipinski definition) is 10. The number of ether oxygens (including phenoxy) is 2. The quantitative estimate of drug-likeness (QED) is 0.0604. The number of carboxylic acid groups (broad SMARTS) is 1. The summed E-state index contributed by atoms with van der Waals surface area (Å²) in [5.41, 5.74) is 7.45. The number of hydrogen-bond donors (Lipinski definition) is 9. The highest BCUT2D eigenvalue weighted by Crippen LogP contribution is 2.21. The van der Waals surface area contributed by atoms with Crippen molar-refractivity contribution in [3.05, 3.63) is 89.5 Å². The molecule has 0 unspecified atom stereocenters. The number of nitrogens with one attached hydrogen (secondary N) is 7. The van der Waals surface area contributed by atoms with Gasteiger partial charge in [0.2, 0.25) is 17.8 Å². The van der Waals surface area contributed by atoms with Crippen molar-refractivity contribution in [3.63, 3.8) is 0 Å². The van der Waals surface area contributed by atoms with Gasteiger partial charge in [-0.25, -0.2) is 4.79 Å². The van der Waals surface area contributed by atoms with E-state index in [1.807, 2.05) is 0 Å². The van der Waals surface area contributed by atoms with E-state index >= 15 is 0 Å². The van der Waals surface area contributed by atoms with Crippen LogP contribution in [0.1, 0.15) is 39.1 Å². The van der Waals surface area contributed by atoms with Crippen LogP contribution < -0.4 is 37.1 Å². The number of rotatable bonds is 15. The van der Waals surface area contributed by atoms with Crippen LogP contribution in [0, 0.1) is 10.8 Å². The van der Waals surface area contributed by atoms with E-state index in [9.17, 15) is 33.9 Å². The minimum Gasteiger partial charge on any atom is -0.497 e. The van der Waals surface area contributed by atoms with E-state index in [2.05, 4.69) is 31.3 Å². The third-order valence-corrected chi connectivity index (χ3v) is 8.59. The van der Waals surface area contributed by atoms with Crippen molar-refractivity contribution >= 4 is 71.4 Å². The molecular weight excluding hydrogens is 764 g/mol. The average Bonchev–Trinajstić information content (AvgIpc) is 3.17. The normalized spacial score (nSPS) is 13.9. The van der Waals surface area contributed by atoms with E-state index in [-0.39, 0.29) is 68.8 Å². The summed E-state index contributed by atoms with van der Waals surface area (Å²) in [7, 11) is 2.67. The van der Waals surface area contributed by atoms with Crippen LogP contribution in [0.4, 0.5) is 16.2 Å². The summed E-state index contributed by atoms with van der Waals surface area (Å²) < 4.78 is 9.72. The van der Waals surface area contributed by atoms with Crippen LogP contribution in [-0.2, 0) is 25.5 Å². The van der Waals surface area contributed by atoms with Crippen molar-refractivity contribution in [1.82, 2.24) is 25.8 Å². The number of anilines is 2. The smallest absolute Gasteiger partial charge is 0.413 e. The number of carbonyl (C=O) groups excluding carboxylic acids is 5. The first kappa shape index (κ1) is 44.5. The van der Waals surface area contributed by atoms with Gasteiger partial charge < -0.3 is 51.4 Å². The van der Waals surface area contributed by atoms with Crippen molar-refractivity contribution in [2.45, 2.75) is 31.3 Å². The number of alkyl carbamates (subject to hydrolysis) is 1. The van der Waals surface area contributed by atoms with Gasteiger partial charge in [-0.3, -0.25) is 40.1 Å². The average molecular weight is 809 g/mol. The number of piperazine rings is 1. The first-order valence-electron chi connectivity index (χ1n) is 17.3. The van der Waals surface area contributed by atoms with Gasteiger partial charge in [0.1, 0.15) is 24.4 Å². The number of benzene rings is 3. The number of amides is 5. The van der Waals surface area contributed by atoms with E-state index in [1.165, 1.54) is 41.2 Å². The van der Waals surface area contributed by atoms with Gasteiger partial charge in [0, 0.05) is 48.6 Å². The molecule has 304 valence electrons. The van der Waals surface area contributed by atoms with Crippen LogP contribution in [0.25, 0.3) is 0 Å². The van der Waals surface area contributed by atoms with Crippen LogP contribution >= 0.6 is 12.4 Å². The topological polar surface area (TPSA) is 281 Å². The van der Waals surface area contributed by atoms with Crippen molar-refractivity contribution in [2.75, 3.05) is 51.0 Å². The van der Waals surface area contributed by atoms with E-state index < -0.39 is 54.3 Å². The summed E-state index contributed by atoms with van der Waals surface area (Å²) in [6, 6.07) is 16.9.